The van der Waals surface area contributed by atoms with Crippen molar-refractivity contribution in [1.82, 2.24) is 0 Å². The Hall–Kier alpha value is -1.56. The van der Waals surface area contributed by atoms with Crippen LogP contribution >= 0.6 is 11.6 Å². The van der Waals surface area contributed by atoms with Crippen molar-refractivity contribution < 1.29 is 17.3 Å². The molecule has 0 spiro atoms. The molecule has 0 bridgehead atoms. The van der Waals surface area contributed by atoms with Crippen LogP contribution in [0.1, 0.15) is 5.56 Å². The maximum atomic E-state index is 12.0. The van der Waals surface area contributed by atoms with E-state index in [1.54, 1.807) is 36.4 Å². The molecule has 2 rings (SSSR count). The Kier molecular flexibility index (Phi) is 4.65. The number of hydrogen-bond donors (Lipinski definition) is 0. The van der Waals surface area contributed by atoms with E-state index in [1.165, 1.54) is 19.2 Å². The summed E-state index contributed by atoms with van der Waals surface area (Å²) in [5.41, 5.74) is 0.689. The van der Waals surface area contributed by atoms with Gasteiger partial charge >= 0.3 is 0 Å². The van der Waals surface area contributed by atoms with Gasteiger partial charge in [0.2, 0.25) is 0 Å². The topological polar surface area (TPSA) is 52.6 Å². The third-order valence-corrected chi connectivity index (χ3v) is 4.13. The van der Waals surface area contributed by atoms with E-state index in [1.807, 2.05) is 0 Å². The SMILES string of the molecule is COc1ccc(S(=O)(=O)OCc2cccc(Cl)c2)cc1. The lowest BCUT2D eigenvalue weighted by Crippen LogP contribution is -2.06. The fourth-order valence-electron chi connectivity index (χ4n) is 1.58. The highest BCUT2D eigenvalue weighted by Gasteiger charge is 2.15. The van der Waals surface area contributed by atoms with Crippen molar-refractivity contribution >= 4 is 21.7 Å². The largest absolute Gasteiger partial charge is 0.497 e. The predicted octanol–water partition coefficient (Wildman–Crippen LogP) is 3.25. The van der Waals surface area contributed by atoms with Gasteiger partial charge < -0.3 is 4.74 Å². The Morgan fingerprint density at radius 3 is 2.40 bits per heavy atom. The zero-order valence-corrected chi connectivity index (χ0v) is 12.3. The van der Waals surface area contributed by atoms with Crippen molar-refractivity contribution in [2.24, 2.45) is 0 Å². The van der Waals surface area contributed by atoms with E-state index < -0.39 is 10.1 Å². The first-order chi connectivity index (χ1) is 9.51. The summed E-state index contributed by atoms with van der Waals surface area (Å²) >= 11 is 5.83. The quantitative estimate of drug-likeness (QED) is 0.795. The summed E-state index contributed by atoms with van der Waals surface area (Å²) in [6, 6.07) is 12.9. The highest BCUT2D eigenvalue weighted by atomic mass is 35.5. The maximum Gasteiger partial charge on any atom is 0.297 e. The lowest BCUT2D eigenvalue weighted by Gasteiger charge is -2.07. The molecule has 0 aliphatic carbocycles. The molecule has 0 amide bonds. The van der Waals surface area contributed by atoms with Gasteiger partial charge in [-0.1, -0.05) is 23.7 Å². The molecule has 0 radical (unpaired) electrons. The average molecular weight is 313 g/mol. The van der Waals surface area contributed by atoms with Crippen LogP contribution in [-0.4, -0.2) is 15.5 Å². The van der Waals surface area contributed by atoms with Crippen LogP contribution in [0, 0.1) is 0 Å². The number of ether oxygens (including phenoxy) is 1. The van der Waals surface area contributed by atoms with Gasteiger partial charge in [-0.05, 0) is 42.0 Å². The van der Waals surface area contributed by atoms with Crippen LogP contribution in [0.2, 0.25) is 5.02 Å². The minimum Gasteiger partial charge on any atom is -0.497 e. The average Bonchev–Trinajstić information content (AvgIpc) is 2.45. The third-order valence-electron chi connectivity index (χ3n) is 2.62. The number of hydrogen-bond acceptors (Lipinski definition) is 4. The molecule has 0 saturated heterocycles. The number of benzene rings is 2. The van der Waals surface area contributed by atoms with Gasteiger partial charge in [-0.15, -0.1) is 0 Å². The Bertz CT molecular complexity index is 681. The van der Waals surface area contributed by atoms with E-state index in [0.717, 1.165) is 0 Å². The number of halogens is 1. The van der Waals surface area contributed by atoms with Gasteiger partial charge in [-0.2, -0.15) is 8.42 Å². The summed E-state index contributed by atoms with van der Waals surface area (Å²) in [5.74, 6) is 0.582. The second kappa shape index (κ2) is 6.26. The molecule has 106 valence electrons. The lowest BCUT2D eigenvalue weighted by molar-refractivity contribution is 0.308. The van der Waals surface area contributed by atoms with Crippen LogP contribution in [0.25, 0.3) is 0 Å². The molecular weight excluding hydrogens is 300 g/mol. The van der Waals surface area contributed by atoms with Crippen molar-refractivity contribution in [3.63, 3.8) is 0 Å². The van der Waals surface area contributed by atoms with Crippen LogP contribution in [0.15, 0.2) is 53.4 Å². The fraction of sp³-hybridized carbons (Fsp3) is 0.143. The molecule has 4 nitrogen and oxygen atoms in total. The molecule has 0 N–H and O–H groups in total. The molecule has 0 saturated carbocycles. The molecule has 0 heterocycles. The van der Waals surface area contributed by atoms with Gasteiger partial charge in [0.1, 0.15) is 5.75 Å². The van der Waals surface area contributed by atoms with Gasteiger partial charge in [0.05, 0.1) is 18.6 Å². The van der Waals surface area contributed by atoms with Crippen molar-refractivity contribution in [1.29, 1.82) is 0 Å². The Balaban J connectivity index is 2.10. The smallest absolute Gasteiger partial charge is 0.297 e. The molecule has 2 aromatic rings. The van der Waals surface area contributed by atoms with Crippen LogP contribution in [0.5, 0.6) is 5.75 Å². The molecular formula is C14H13ClO4S. The molecule has 0 fully saturated rings. The van der Waals surface area contributed by atoms with Gasteiger partial charge in [0.25, 0.3) is 10.1 Å². The maximum absolute atomic E-state index is 12.0. The summed E-state index contributed by atoms with van der Waals surface area (Å²) in [6.07, 6.45) is 0. The van der Waals surface area contributed by atoms with E-state index in [9.17, 15) is 8.42 Å². The second-order valence-electron chi connectivity index (χ2n) is 4.02. The van der Waals surface area contributed by atoms with Crippen LogP contribution in [0.3, 0.4) is 0 Å². The van der Waals surface area contributed by atoms with Crippen molar-refractivity contribution in [2.45, 2.75) is 11.5 Å². The van der Waals surface area contributed by atoms with Crippen LogP contribution in [0.4, 0.5) is 0 Å². The molecule has 20 heavy (non-hydrogen) atoms. The molecule has 0 unspecified atom stereocenters. The molecule has 0 aliphatic heterocycles. The first kappa shape index (κ1) is 14.8. The summed E-state index contributed by atoms with van der Waals surface area (Å²) in [6.45, 7) is -0.0606. The number of methoxy groups -OCH3 is 1. The Labute approximate surface area is 123 Å². The minimum atomic E-state index is -3.79. The summed E-state index contributed by atoms with van der Waals surface area (Å²) in [7, 11) is -2.28. The highest BCUT2D eigenvalue weighted by Crippen LogP contribution is 2.19. The van der Waals surface area contributed by atoms with Gasteiger partial charge in [0, 0.05) is 5.02 Å². The van der Waals surface area contributed by atoms with Gasteiger partial charge in [-0.3, -0.25) is 4.18 Å². The van der Waals surface area contributed by atoms with E-state index in [4.69, 9.17) is 20.5 Å². The summed E-state index contributed by atoms with van der Waals surface area (Å²) in [5, 5.41) is 0.535. The Morgan fingerprint density at radius 2 is 1.80 bits per heavy atom. The van der Waals surface area contributed by atoms with Crippen molar-refractivity contribution in [3.8, 4) is 5.75 Å². The minimum absolute atomic E-state index is 0.0606. The van der Waals surface area contributed by atoms with Crippen LogP contribution in [-0.2, 0) is 20.9 Å². The normalized spacial score (nSPS) is 11.3. The van der Waals surface area contributed by atoms with Crippen molar-refractivity contribution in [3.05, 3.63) is 59.1 Å². The number of rotatable bonds is 5. The monoisotopic (exact) mass is 312 g/mol. The zero-order valence-electron chi connectivity index (χ0n) is 10.7. The zero-order chi connectivity index (χ0) is 14.6. The first-order valence-corrected chi connectivity index (χ1v) is 7.58. The van der Waals surface area contributed by atoms with Crippen molar-refractivity contribution in [2.75, 3.05) is 7.11 Å². The highest BCUT2D eigenvalue weighted by molar-refractivity contribution is 7.86. The summed E-state index contributed by atoms with van der Waals surface area (Å²) < 4.78 is 34.0. The van der Waals surface area contributed by atoms with Gasteiger partial charge in [-0.25, -0.2) is 0 Å². The van der Waals surface area contributed by atoms with Gasteiger partial charge in [0.15, 0.2) is 0 Å². The molecule has 0 aliphatic rings. The fourth-order valence-corrected chi connectivity index (χ4v) is 2.69. The summed E-state index contributed by atoms with van der Waals surface area (Å²) in [4.78, 5) is 0.0836. The molecule has 0 aromatic heterocycles. The predicted molar refractivity (Wildman–Crippen MR) is 76.4 cm³/mol. The standard InChI is InChI=1S/C14H13ClO4S/c1-18-13-5-7-14(8-6-13)20(16,17)19-10-11-3-2-4-12(15)9-11/h2-9H,10H2,1H3. The second-order valence-corrected chi connectivity index (χ2v) is 6.07. The first-order valence-electron chi connectivity index (χ1n) is 5.79. The molecule has 6 heteroatoms. The molecule has 2 aromatic carbocycles. The van der Waals surface area contributed by atoms with E-state index in [-0.39, 0.29) is 11.5 Å². The molecule has 0 atom stereocenters. The van der Waals surface area contributed by atoms with E-state index in [2.05, 4.69) is 0 Å². The van der Waals surface area contributed by atoms with E-state index >= 15 is 0 Å². The van der Waals surface area contributed by atoms with Crippen LogP contribution < -0.4 is 4.74 Å². The van der Waals surface area contributed by atoms with E-state index in [0.29, 0.717) is 16.3 Å². The Morgan fingerprint density at radius 1 is 1.10 bits per heavy atom. The third kappa shape index (κ3) is 3.72. The lowest BCUT2D eigenvalue weighted by atomic mass is 10.2.